The summed E-state index contributed by atoms with van der Waals surface area (Å²) in [6.45, 7) is 0.972. The Balaban J connectivity index is 0. The highest BCUT2D eigenvalue weighted by atomic mass is 16.4. The zero-order valence-electron chi connectivity index (χ0n) is 4.21. The Morgan fingerprint density at radius 3 is 1.86 bits per heavy atom. The van der Waals surface area contributed by atoms with Crippen molar-refractivity contribution in [1.29, 1.82) is 5.39 Å². The third kappa shape index (κ3) is 33.1. The van der Waals surface area contributed by atoms with Gasteiger partial charge in [-0.1, -0.05) is 0 Å². The van der Waals surface area contributed by atoms with Crippen LogP contribution in [0.1, 0.15) is 6.92 Å². The summed E-state index contributed by atoms with van der Waals surface area (Å²) in [6.07, 6.45) is 0. The number of aliphatic carboxylic acids is 1. The van der Waals surface area contributed by atoms with Crippen molar-refractivity contribution in [3.05, 3.63) is 4.98 Å². The van der Waals surface area contributed by atoms with Gasteiger partial charge in [0.25, 0.3) is 7.05 Å². The van der Waals surface area contributed by atoms with E-state index in [0.29, 0.717) is 0 Å². The summed E-state index contributed by atoms with van der Waals surface area (Å²) in [5, 5.41) is 16.1. The van der Waals surface area contributed by atoms with Crippen molar-refractivity contribution < 1.29 is 9.90 Å². The van der Waals surface area contributed by atoms with E-state index in [4.69, 9.17) is 15.3 Å². The predicted molar refractivity (Wildman–Crippen MR) is 21.7 cm³/mol. The molecule has 40 valence electrons. The van der Waals surface area contributed by atoms with Crippen molar-refractivity contribution in [3.63, 3.8) is 0 Å². The van der Waals surface area contributed by atoms with E-state index < -0.39 is 5.97 Å². The molecule has 0 radical (unpaired) electrons. The van der Waals surface area contributed by atoms with E-state index in [1.807, 2.05) is 0 Å². The zero-order chi connectivity index (χ0) is 6.28. The average Bonchev–Trinajstić information content (AvgIpc) is 1.33. The van der Waals surface area contributed by atoms with E-state index >= 15 is 0 Å². The van der Waals surface area contributed by atoms with Gasteiger partial charge in [0.1, 0.15) is 4.98 Å². The van der Waals surface area contributed by atoms with Crippen LogP contribution in [0.25, 0.3) is 4.98 Å². The number of carboxylic acid groups (broad SMARTS) is 1. The van der Waals surface area contributed by atoms with Crippen LogP contribution in [0.15, 0.2) is 0 Å². The Labute approximate surface area is 41.4 Å². The first-order valence-corrected chi connectivity index (χ1v) is 1.56. The number of nitrogens with zero attached hydrogens (tertiary/aromatic N) is 2. The Hall–Kier alpha value is -1.11. The zero-order valence-corrected chi connectivity index (χ0v) is 4.21. The van der Waals surface area contributed by atoms with Crippen molar-refractivity contribution in [2.45, 2.75) is 6.92 Å². The summed E-state index contributed by atoms with van der Waals surface area (Å²) in [4.78, 5) is 11.4. The monoisotopic (exact) mass is 102 g/mol. The molecule has 0 heterocycles. The van der Waals surface area contributed by atoms with Gasteiger partial charge in [-0.2, -0.15) is 0 Å². The molecular weight excluding hydrogens is 96.0 g/mol. The molecular formula is C3H6N2O2. The quantitative estimate of drug-likeness (QED) is 0.377. The smallest absolute Gasteiger partial charge is 0.296 e. The van der Waals surface area contributed by atoms with E-state index in [1.165, 1.54) is 7.05 Å². The molecule has 0 spiro atoms. The van der Waals surface area contributed by atoms with Gasteiger partial charge in [-0.05, 0) is 6.92 Å². The van der Waals surface area contributed by atoms with Gasteiger partial charge in [-0.3, -0.25) is 0 Å². The van der Waals surface area contributed by atoms with Gasteiger partial charge in [-0.15, -0.1) is 0 Å². The maximum atomic E-state index is 8.89. The molecule has 0 unspecified atom stereocenters. The summed E-state index contributed by atoms with van der Waals surface area (Å²) in [5.41, 5.74) is 0. The van der Waals surface area contributed by atoms with Crippen LogP contribution in [0.5, 0.6) is 0 Å². The second kappa shape index (κ2) is 8.86. The third-order valence-corrected chi connectivity index (χ3v) is 0. The molecule has 0 N–H and O–H groups in total. The minimum Gasteiger partial charge on any atom is -0.550 e. The van der Waals surface area contributed by atoms with Crippen LogP contribution in [0.4, 0.5) is 0 Å². The standard InChI is InChI=1S/C2H4O2.CH3N2/c1-2(3)4;1-3-2/h1H3,(H,3,4);1H3/q;+1/p-1. The van der Waals surface area contributed by atoms with Crippen LogP contribution in [0.2, 0.25) is 0 Å². The van der Waals surface area contributed by atoms with Crippen LogP contribution >= 0.6 is 0 Å². The van der Waals surface area contributed by atoms with E-state index in [2.05, 4.69) is 4.98 Å². The maximum absolute atomic E-state index is 8.89. The van der Waals surface area contributed by atoms with Crippen molar-refractivity contribution in [1.82, 2.24) is 0 Å². The number of carbonyl (C=O) groups is 1. The van der Waals surface area contributed by atoms with Crippen LogP contribution in [0, 0.1) is 5.39 Å². The second-order valence-electron chi connectivity index (χ2n) is 0.692. The molecule has 0 fully saturated rings. The molecule has 0 atom stereocenters. The maximum Gasteiger partial charge on any atom is 0.296 e. The van der Waals surface area contributed by atoms with Gasteiger partial charge in [-0.25, -0.2) is 0 Å². The molecule has 0 aliphatic rings. The van der Waals surface area contributed by atoms with Crippen molar-refractivity contribution >= 4 is 5.97 Å². The van der Waals surface area contributed by atoms with Gasteiger partial charge >= 0.3 is 0 Å². The van der Waals surface area contributed by atoms with Crippen LogP contribution < -0.4 is 5.11 Å². The largest absolute Gasteiger partial charge is 0.550 e. The van der Waals surface area contributed by atoms with Crippen LogP contribution in [-0.2, 0) is 4.79 Å². The van der Waals surface area contributed by atoms with Crippen LogP contribution in [-0.4, -0.2) is 13.0 Å². The molecule has 0 bridgehead atoms. The molecule has 0 aromatic carbocycles. The molecule has 4 heteroatoms. The molecule has 0 aromatic heterocycles. The summed E-state index contributed by atoms with van der Waals surface area (Å²) in [6, 6.07) is 0. The van der Waals surface area contributed by atoms with Crippen LogP contribution in [0.3, 0.4) is 0 Å². The summed E-state index contributed by atoms with van der Waals surface area (Å²) in [7, 11) is 1.31. The Morgan fingerprint density at radius 1 is 1.86 bits per heavy atom. The SMILES string of the molecule is CC(=O)[O-].C[N+]#N. The summed E-state index contributed by atoms with van der Waals surface area (Å²) < 4.78 is 0. The first-order chi connectivity index (χ1) is 3.15. The minimum atomic E-state index is -1.08. The highest BCUT2D eigenvalue weighted by Crippen LogP contribution is 1.31. The summed E-state index contributed by atoms with van der Waals surface area (Å²) >= 11 is 0. The molecule has 0 aliphatic carbocycles. The number of carbonyl (C=O) groups excluding carboxylic acids is 1. The summed E-state index contributed by atoms with van der Waals surface area (Å²) in [5.74, 6) is -1.08. The first kappa shape index (κ1) is 9.31. The topological polar surface area (TPSA) is 68.3 Å². The first-order valence-electron chi connectivity index (χ1n) is 1.56. The molecule has 4 nitrogen and oxygen atoms in total. The lowest BCUT2D eigenvalue weighted by atomic mass is 10.9. The Morgan fingerprint density at radius 2 is 1.86 bits per heavy atom. The normalized spacial score (nSPS) is 4.71. The fraction of sp³-hybridized carbons (Fsp3) is 0.667. The van der Waals surface area contributed by atoms with E-state index in [0.717, 1.165) is 6.92 Å². The number of diazo groups is 1. The molecule has 0 saturated heterocycles. The number of rotatable bonds is 0. The van der Waals surface area contributed by atoms with Crippen molar-refractivity contribution in [2.75, 3.05) is 7.05 Å². The lowest BCUT2D eigenvalue weighted by Gasteiger charge is -1.77. The molecule has 0 saturated carbocycles. The predicted octanol–water partition coefficient (Wildman–Crippen LogP) is -0.775. The molecule has 0 rings (SSSR count). The van der Waals surface area contributed by atoms with Crippen molar-refractivity contribution in [3.8, 4) is 0 Å². The molecule has 0 amide bonds. The average molecular weight is 102 g/mol. The number of hydrogen-bond acceptors (Lipinski definition) is 3. The highest BCUT2D eigenvalue weighted by molar-refractivity contribution is 5.60. The van der Waals surface area contributed by atoms with Gasteiger partial charge in [0.05, 0.1) is 0 Å². The van der Waals surface area contributed by atoms with Crippen molar-refractivity contribution in [2.24, 2.45) is 0 Å². The van der Waals surface area contributed by atoms with Gasteiger partial charge in [0.2, 0.25) is 5.39 Å². The van der Waals surface area contributed by atoms with Gasteiger partial charge in [0.15, 0.2) is 0 Å². The number of hydrogen-bond donors (Lipinski definition) is 0. The highest BCUT2D eigenvalue weighted by Gasteiger charge is 1.46. The number of carboxylic acids is 1. The fourth-order valence-electron chi connectivity index (χ4n) is 0. The Bertz CT molecular complexity index is 79.4. The van der Waals surface area contributed by atoms with E-state index in [9.17, 15) is 0 Å². The van der Waals surface area contributed by atoms with E-state index in [1.54, 1.807) is 0 Å². The molecule has 0 aromatic rings. The third-order valence-electron chi connectivity index (χ3n) is 0. The lowest BCUT2D eigenvalue weighted by molar-refractivity contribution is -0.302. The second-order valence-corrected chi connectivity index (χ2v) is 0.692. The van der Waals surface area contributed by atoms with E-state index in [-0.39, 0.29) is 0 Å². The van der Waals surface area contributed by atoms with Gasteiger partial charge < -0.3 is 9.90 Å². The lowest BCUT2D eigenvalue weighted by Crippen LogP contribution is -2.16. The molecule has 7 heavy (non-hydrogen) atoms. The fourth-order valence-corrected chi connectivity index (χ4v) is 0. The molecule has 0 aliphatic heterocycles. The minimum absolute atomic E-state index is 0.972. The van der Waals surface area contributed by atoms with Gasteiger partial charge in [0, 0.05) is 5.97 Å². The Kier molecular flexibility index (Phi) is 11.8.